The molecule has 1 aliphatic rings. The molecule has 94 valence electrons. The normalized spacial score (nSPS) is 18.2. The lowest BCUT2D eigenvalue weighted by atomic mass is 10.0. The van der Waals surface area contributed by atoms with Crippen molar-refractivity contribution < 1.29 is 9.84 Å². The van der Waals surface area contributed by atoms with Gasteiger partial charge in [-0.3, -0.25) is 0 Å². The maximum Gasteiger partial charge on any atom is 0.0642 e. The van der Waals surface area contributed by atoms with Crippen LogP contribution in [-0.2, 0) is 4.74 Å². The van der Waals surface area contributed by atoms with Gasteiger partial charge in [0, 0.05) is 18.8 Å². The predicted molar refractivity (Wildman–Crippen MR) is 68.2 cm³/mol. The van der Waals surface area contributed by atoms with Crippen LogP contribution in [-0.4, -0.2) is 38.0 Å². The number of nitrogens with zero attached hydrogens (tertiary/aromatic N) is 1. The molecule has 1 fully saturated rings. The first kappa shape index (κ1) is 12.4. The van der Waals surface area contributed by atoms with E-state index in [2.05, 4.69) is 17.0 Å². The number of rotatable bonds is 3. The maximum absolute atomic E-state index is 9.08. The van der Waals surface area contributed by atoms with Crippen LogP contribution in [0.15, 0.2) is 18.2 Å². The molecule has 0 unspecified atom stereocenters. The number of hydrogen-bond donors (Lipinski definition) is 2. The molecule has 1 atom stereocenters. The number of morpholine rings is 1. The number of aliphatic hydroxyl groups is 1. The van der Waals surface area contributed by atoms with Crippen LogP contribution < -0.4 is 10.6 Å². The highest BCUT2D eigenvalue weighted by atomic mass is 16.5. The van der Waals surface area contributed by atoms with Crippen molar-refractivity contribution in [2.24, 2.45) is 5.73 Å². The molecule has 1 aliphatic heterocycles. The predicted octanol–water partition coefficient (Wildman–Crippen LogP) is 0.824. The summed E-state index contributed by atoms with van der Waals surface area (Å²) in [7, 11) is 0. The number of ether oxygens (including phenoxy) is 1. The second kappa shape index (κ2) is 5.49. The van der Waals surface area contributed by atoms with Crippen LogP contribution in [0.25, 0.3) is 0 Å². The molecule has 0 bridgehead atoms. The van der Waals surface area contributed by atoms with Gasteiger partial charge in [-0.15, -0.1) is 0 Å². The molecule has 1 saturated heterocycles. The summed E-state index contributed by atoms with van der Waals surface area (Å²) in [6.07, 6.45) is 0. The minimum atomic E-state index is -0.284. The van der Waals surface area contributed by atoms with Crippen LogP contribution in [0.2, 0.25) is 0 Å². The third-order valence-corrected chi connectivity index (χ3v) is 3.23. The lowest BCUT2D eigenvalue weighted by Gasteiger charge is -2.29. The molecule has 4 nitrogen and oxygen atoms in total. The molecular weight excluding hydrogens is 216 g/mol. The van der Waals surface area contributed by atoms with Gasteiger partial charge in [-0.05, 0) is 30.2 Å². The van der Waals surface area contributed by atoms with Gasteiger partial charge < -0.3 is 20.5 Å². The average Bonchev–Trinajstić information content (AvgIpc) is 2.39. The minimum Gasteiger partial charge on any atom is -0.394 e. The molecule has 17 heavy (non-hydrogen) atoms. The van der Waals surface area contributed by atoms with E-state index in [1.54, 1.807) is 0 Å². The van der Waals surface area contributed by atoms with Gasteiger partial charge in [0.25, 0.3) is 0 Å². The van der Waals surface area contributed by atoms with E-state index < -0.39 is 0 Å². The van der Waals surface area contributed by atoms with Crippen molar-refractivity contribution in [3.05, 3.63) is 29.3 Å². The summed E-state index contributed by atoms with van der Waals surface area (Å²) in [5, 5.41) is 9.08. The summed E-state index contributed by atoms with van der Waals surface area (Å²) in [6, 6.07) is 5.94. The Morgan fingerprint density at radius 1 is 1.41 bits per heavy atom. The monoisotopic (exact) mass is 236 g/mol. The Morgan fingerprint density at radius 2 is 2.12 bits per heavy atom. The first-order valence-electron chi connectivity index (χ1n) is 6.02. The van der Waals surface area contributed by atoms with Crippen molar-refractivity contribution in [2.75, 3.05) is 37.8 Å². The number of benzene rings is 1. The molecule has 0 aliphatic carbocycles. The van der Waals surface area contributed by atoms with Crippen molar-refractivity contribution in [1.29, 1.82) is 0 Å². The van der Waals surface area contributed by atoms with Gasteiger partial charge in [0.05, 0.1) is 25.9 Å². The summed E-state index contributed by atoms with van der Waals surface area (Å²) in [4.78, 5) is 2.31. The van der Waals surface area contributed by atoms with Crippen molar-refractivity contribution in [3.63, 3.8) is 0 Å². The number of hydrogen-bond acceptors (Lipinski definition) is 4. The molecule has 3 N–H and O–H groups in total. The number of nitrogens with two attached hydrogens (primary N) is 1. The van der Waals surface area contributed by atoms with Crippen molar-refractivity contribution in [2.45, 2.75) is 13.0 Å². The average molecular weight is 236 g/mol. The molecule has 0 aromatic heterocycles. The second-order valence-corrected chi connectivity index (χ2v) is 4.43. The molecule has 0 radical (unpaired) electrons. The Hall–Kier alpha value is -1.10. The summed E-state index contributed by atoms with van der Waals surface area (Å²) < 4.78 is 5.34. The highest BCUT2D eigenvalue weighted by Crippen LogP contribution is 2.23. The lowest BCUT2D eigenvalue weighted by molar-refractivity contribution is 0.122. The fourth-order valence-electron chi connectivity index (χ4n) is 2.19. The van der Waals surface area contributed by atoms with Gasteiger partial charge in [-0.1, -0.05) is 6.07 Å². The van der Waals surface area contributed by atoms with Gasteiger partial charge in [-0.2, -0.15) is 0 Å². The zero-order valence-corrected chi connectivity index (χ0v) is 10.2. The first-order valence-corrected chi connectivity index (χ1v) is 6.02. The van der Waals surface area contributed by atoms with Crippen molar-refractivity contribution >= 4 is 5.69 Å². The maximum atomic E-state index is 9.08. The van der Waals surface area contributed by atoms with E-state index in [1.807, 2.05) is 13.0 Å². The van der Waals surface area contributed by atoms with Gasteiger partial charge in [0.15, 0.2) is 0 Å². The van der Waals surface area contributed by atoms with Crippen LogP contribution in [0.3, 0.4) is 0 Å². The van der Waals surface area contributed by atoms with Crippen LogP contribution in [0.1, 0.15) is 17.2 Å². The molecule has 4 heteroatoms. The van der Waals surface area contributed by atoms with Crippen LogP contribution in [0.4, 0.5) is 5.69 Å². The van der Waals surface area contributed by atoms with Gasteiger partial charge in [0.1, 0.15) is 0 Å². The largest absolute Gasteiger partial charge is 0.394 e. The van der Waals surface area contributed by atoms with Gasteiger partial charge in [0.2, 0.25) is 0 Å². The van der Waals surface area contributed by atoms with Crippen molar-refractivity contribution in [3.8, 4) is 0 Å². The highest BCUT2D eigenvalue weighted by Gasteiger charge is 2.13. The molecule has 1 aromatic carbocycles. The van der Waals surface area contributed by atoms with Crippen LogP contribution in [0.5, 0.6) is 0 Å². The Kier molecular flexibility index (Phi) is 3.99. The number of anilines is 1. The summed E-state index contributed by atoms with van der Waals surface area (Å²) in [6.45, 7) is 5.47. The van der Waals surface area contributed by atoms with E-state index in [4.69, 9.17) is 15.6 Å². The third-order valence-electron chi connectivity index (χ3n) is 3.23. The Balaban J connectivity index is 2.17. The Morgan fingerprint density at radius 3 is 2.71 bits per heavy atom. The summed E-state index contributed by atoms with van der Waals surface area (Å²) in [5.41, 5.74) is 9.20. The van der Waals surface area contributed by atoms with E-state index in [0.29, 0.717) is 0 Å². The molecule has 0 spiro atoms. The molecule has 0 saturated carbocycles. The fraction of sp³-hybridized carbons (Fsp3) is 0.538. The molecule has 1 heterocycles. The SMILES string of the molecule is Cc1cc(N2CCOCC2)ccc1[C@H](N)CO. The van der Waals surface area contributed by atoms with E-state index in [1.165, 1.54) is 5.69 Å². The summed E-state index contributed by atoms with van der Waals surface area (Å²) >= 11 is 0. The highest BCUT2D eigenvalue weighted by molar-refractivity contribution is 5.51. The van der Waals surface area contributed by atoms with E-state index in [-0.39, 0.29) is 12.6 Å². The zero-order chi connectivity index (χ0) is 12.3. The van der Waals surface area contributed by atoms with Gasteiger partial charge in [-0.25, -0.2) is 0 Å². The van der Waals surface area contributed by atoms with E-state index in [0.717, 1.165) is 37.4 Å². The van der Waals surface area contributed by atoms with E-state index >= 15 is 0 Å². The quantitative estimate of drug-likeness (QED) is 0.816. The summed E-state index contributed by atoms with van der Waals surface area (Å²) in [5.74, 6) is 0. The van der Waals surface area contributed by atoms with Crippen molar-refractivity contribution in [1.82, 2.24) is 0 Å². The third kappa shape index (κ3) is 2.77. The number of aryl methyl sites for hydroxylation is 1. The Bertz CT molecular complexity index is 376. The molecule has 0 amide bonds. The lowest BCUT2D eigenvalue weighted by Crippen LogP contribution is -2.36. The smallest absolute Gasteiger partial charge is 0.0642 e. The zero-order valence-electron chi connectivity index (χ0n) is 10.2. The molecule has 2 rings (SSSR count). The van der Waals surface area contributed by atoms with Crippen LogP contribution in [0, 0.1) is 6.92 Å². The fourth-order valence-corrected chi connectivity index (χ4v) is 2.19. The van der Waals surface area contributed by atoms with Gasteiger partial charge >= 0.3 is 0 Å². The molecule has 1 aromatic rings. The minimum absolute atomic E-state index is 0.0161. The first-order chi connectivity index (χ1) is 8.22. The topological polar surface area (TPSA) is 58.7 Å². The Labute approximate surface area is 102 Å². The second-order valence-electron chi connectivity index (χ2n) is 4.43. The molecular formula is C13H20N2O2. The van der Waals surface area contributed by atoms with E-state index in [9.17, 15) is 0 Å². The number of aliphatic hydroxyl groups excluding tert-OH is 1. The standard InChI is InChI=1S/C13H20N2O2/c1-10-8-11(15-4-6-17-7-5-15)2-3-12(10)13(14)9-16/h2-3,8,13,16H,4-7,9,14H2,1H3/t13-/m1/s1. The van der Waals surface area contributed by atoms with Crippen LogP contribution >= 0.6 is 0 Å².